The summed E-state index contributed by atoms with van der Waals surface area (Å²) in [7, 11) is -1.73. The molecular formula is C19H24ClN3O3S. The van der Waals surface area contributed by atoms with E-state index in [1.54, 1.807) is 25.1 Å². The molecule has 1 N–H and O–H groups in total. The highest BCUT2D eigenvalue weighted by atomic mass is 35.5. The second kappa shape index (κ2) is 9.10. The first-order valence-electron chi connectivity index (χ1n) is 8.49. The van der Waals surface area contributed by atoms with E-state index < -0.39 is 16.1 Å². The maximum atomic E-state index is 12.5. The molecule has 146 valence electrons. The van der Waals surface area contributed by atoms with Gasteiger partial charge >= 0.3 is 0 Å². The SMILES string of the molecule is C[C@@H](C(=O)NCCN(C)c1ccccc1)N(c1cccc(Cl)c1)S(C)(=O)=O. The lowest BCUT2D eigenvalue weighted by Gasteiger charge is -2.28. The highest BCUT2D eigenvalue weighted by Gasteiger charge is 2.29. The number of rotatable bonds is 8. The number of nitrogens with zero attached hydrogens (tertiary/aromatic N) is 2. The molecule has 0 saturated carbocycles. The quantitative estimate of drug-likeness (QED) is 0.727. The number of para-hydroxylation sites is 1. The Hall–Kier alpha value is -2.25. The summed E-state index contributed by atoms with van der Waals surface area (Å²) in [6.07, 6.45) is 1.07. The Morgan fingerprint density at radius 3 is 2.33 bits per heavy atom. The third kappa shape index (κ3) is 5.87. The van der Waals surface area contributed by atoms with Crippen LogP contribution < -0.4 is 14.5 Å². The first-order valence-corrected chi connectivity index (χ1v) is 10.7. The number of carbonyl (C=O) groups excluding carboxylic acids is 1. The van der Waals surface area contributed by atoms with Crippen LogP contribution in [0.2, 0.25) is 5.02 Å². The summed E-state index contributed by atoms with van der Waals surface area (Å²) < 4.78 is 25.6. The van der Waals surface area contributed by atoms with Crippen molar-refractivity contribution >= 4 is 38.9 Å². The Kier molecular flexibility index (Phi) is 7.10. The maximum absolute atomic E-state index is 12.5. The molecule has 27 heavy (non-hydrogen) atoms. The van der Waals surface area contributed by atoms with Crippen molar-refractivity contribution in [2.24, 2.45) is 0 Å². The van der Waals surface area contributed by atoms with E-state index in [0.717, 1.165) is 16.2 Å². The average Bonchev–Trinajstić information content (AvgIpc) is 2.61. The van der Waals surface area contributed by atoms with Crippen molar-refractivity contribution in [3.05, 3.63) is 59.6 Å². The van der Waals surface area contributed by atoms with E-state index in [1.807, 2.05) is 42.3 Å². The third-order valence-corrected chi connectivity index (χ3v) is 5.57. The Bertz CT molecular complexity index is 875. The number of nitrogens with one attached hydrogen (secondary N) is 1. The van der Waals surface area contributed by atoms with Crippen LogP contribution in [-0.4, -0.2) is 46.8 Å². The lowest BCUT2D eigenvalue weighted by molar-refractivity contribution is -0.121. The van der Waals surface area contributed by atoms with Gasteiger partial charge in [0.05, 0.1) is 11.9 Å². The van der Waals surface area contributed by atoms with Crippen LogP contribution in [0.4, 0.5) is 11.4 Å². The molecule has 0 heterocycles. The van der Waals surface area contributed by atoms with Gasteiger partial charge in [-0.25, -0.2) is 8.42 Å². The van der Waals surface area contributed by atoms with E-state index in [0.29, 0.717) is 23.8 Å². The fraction of sp³-hybridized carbons (Fsp3) is 0.316. The molecule has 0 aliphatic heterocycles. The summed E-state index contributed by atoms with van der Waals surface area (Å²) in [5.41, 5.74) is 1.39. The lowest BCUT2D eigenvalue weighted by atomic mass is 10.2. The van der Waals surface area contributed by atoms with E-state index in [4.69, 9.17) is 11.6 Å². The molecule has 1 amide bonds. The summed E-state index contributed by atoms with van der Waals surface area (Å²) in [4.78, 5) is 14.5. The van der Waals surface area contributed by atoms with Gasteiger partial charge in [0.15, 0.2) is 0 Å². The van der Waals surface area contributed by atoms with Crippen molar-refractivity contribution in [2.45, 2.75) is 13.0 Å². The zero-order valence-corrected chi connectivity index (χ0v) is 17.2. The molecule has 0 aromatic heterocycles. The van der Waals surface area contributed by atoms with Crippen LogP contribution in [0, 0.1) is 0 Å². The predicted molar refractivity (Wildman–Crippen MR) is 111 cm³/mol. The van der Waals surface area contributed by atoms with Crippen LogP contribution in [0.15, 0.2) is 54.6 Å². The minimum atomic E-state index is -3.66. The summed E-state index contributed by atoms with van der Waals surface area (Å²) in [6, 6.07) is 15.3. The molecule has 1 atom stereocenters. The Labute approximate surface area is 165 Å². The Morgan fingerprint density at radius 1 is 1.11 bits per heavy atom. The molecule has 2 rings (SSSR count). The molecule has 0 spiro atoms. The molecule has 0 aliphatic rings. The van der Waals surface area contributed by atoms with E-state index in [-0.39, 0.29) is 5.91 Å². The Morgan fingerprint density at radius 2 is 1.74 bits per heavy atom. The van der Waals surface area contributed by atoms with Gasteiger partial charge in [0.2, 0.25) is 15.9 Å². The zero-order valence-electron chi connectivity index (χ0n) is 15.6. The van der Waals surface area contributed by atoms with E-state index >= 15 is 0 Å². The molecule has 8 heteroatoms. The molecule has 0 fully saturated rings. The number of amides is 1. The Balaban J connectivity index is 2.03. The number of hydrogen-bond donors (Lipinski definition) is 1. The van der Waals surface area contributed by atoms with E-state index in [2.05, 4.69) is 5.32 Å². The van der Waals surface area contributed by atoms with Gasteiger partial charge < -0.3 is 10.2 Å². The van der Waals surface area contributed by atoms with Crippen molar-refractivity contribution in [3.8, 4) is 0 Å². The number of sulfonamides is 1. The van der Waals surface area contributed by atoms with E-state index in [1.165, 1.54) is 6.07 Å². The van der Waals surface area contributed by atoms with Crippen molar-refractivity contribution in [1.82, 2.24) is 5.32 Å². The fourth-order valence-corrected chi connectivity index (χ4v) is 4.08. The summed E-state index contributed by atoms with van der Waals surface area (Å²) in [5.74, 6) is -0.373. The van der Waals surface area contributed by atoms with Crippen LogP contribution in [0.25, 0.3) is 0 Å². The van der Waals surface area contributed by atoms with Crippen LogP contribution in [0.3, 0.4) is 0 Å². The fourth-order valence-electron chi connectivity index (χ4n) is 2.73. The average molecular weight is 410 g/mol. The number of hydrogen-bond acceptors (Lipinski definition) is 4. The predicted octanol–water partition coefficient (Wildman–Crippen LogP) is 2.75. The van der Waals surface area contributed by atoms with Crippen LogP contribution in [0.5, 0.6) is 0 Å². The van der Waals surface area contributed by atoms with Gasteiger partial charge in [0, 0.05) is 30.8 Å². The standard InChI is InChI=1S/C19H24ClN3O3S/c1-15(23(27(3,25)26)18-11-7-8-16(20)14-18)19(24)21-12-13-22(2)17-9-5-4-6-10-17/h4-11,14-15H,12-13H2,1-3H3,(H,21,24)/t15-/m0/s1. The number of anilines is 2. The molecule has 0 unspecified atom stereocenters. The molecule has 2 aromatic carbocycles. The van der Waals surface area contributed by atoms with Gasteiger partial charge in [-0.3, -0.25) is 9.10 Å². The van der Waals surface area contributed by atoms with Crippen LogP contribution >= 0.6 is 11.6 Å². The highest BCUT2D eigenvalue weighted by Crippen LogP contribution is 2.24. The smallest absolute Gasteiger partial charge is 0.243 e. The van der Waals surface area contributed by atoms with Crippen molar-refractivity contribution in [3.63, 3.8) is 0 Å². The lowest BCUT2D eigenvalue weighted by Crippen LogP contribution is -2.49. The minimum Gasteiger partial charge on any atom is -0.373 e. The van der Waals surface area contributed by atoms with Gasteiger partial charge in [0.1, 0.15) is 6.04 Å². The molecule has 6 nitrogen and oxygen atoms in total. The highest BCUT2D eigenvalue weighted by molar-refractivity contribution is 7.92. The van der Waals surface area contributed by atoms with Crippen molar-refractivity contribution < 1.29 is 13.2 Å². The number of halogens is 1. The third-order valence-electron chi connectivity index (χ3n) is 4.09. The topological polar surface area (TPSA) is 69.7 Å². The van der Waals surface area contributed by atoms with Crippen molar-refractivity contribution in [1.29, 1.82) is 0 Å². The molecule has 0 bridgehead atoms. The zero-order chi connectivity index (χ0) is 20.0. The monoisotopic (exact) mass is 409 g/mol. The number of likely N-dealkylation sites (N-methyl/N-ethyl adjacent to an activating group) is 1. The summed E-state index contributed by atoms with van der Waals surface area (Å²) in [5, 5.41) is 3.20. The summed E-state index contributed by atoms with van der Waals surface area (Å²) in [6.45, 7) is 2.54. The number of benzene rings is 2. The van der Waals surface area contributed by atoms with Gasteiger partial charge in [-0.2, -0.15) is 0 Å². The molecule has 2 aromatic rings. The maximum Gasteiger partial charge on any atom is 0.243 e. The van der Waals surface area contributed by atoms with Crippen LogP contribution in [0.1, 0.15) is 6.92 Å². The summed E-state index contributed by atoms with van der Waals surface area (Å²) >= 11 is 5.97. The van der Waals surface area contributed by atoms with Gasteiger partial charge in [0.25, 0.3) is 0 Å². The van der Waals surface area contributed by atoms with Crippen LogP contribution in [-0.2, 0) is 14.8 Å². The molecule has 0 radical (unpaired) electrons. The van der Waals surface area contributed by atoms with Gasteiger partial charge in [-0.15, -0.1) is 0 Å². The van der Waals surface area contributed by atoms with Gasteiger partial charge in [-0.1, -0.05) is 35.9 Å². The first-order chi connectivity index (χ1) is 12.7. The largest absolute Gasteiger partial charge is 0.373 e. The second-order valence-corrected chi connectivity index (χ2v) is 8.56. The normalized spacial score (nSPS) is 12.3. The first kappa shape index (κ1) is 21.1. The molecule has 0 saturated heterocycles. The number of carbonyl (C=O) groups is 1. The van der Waals surface area contributed by atoms with Crippen molar-refractivity contribution in [2.75, 3.05) is 35.6 Å². The van der Waals surface area contributed by atoms with Gasteiger partial charge in [-0.05, 0) is 37.3 Å². The molecule has 0 aliphatic carbocycles. The van der Waals surface area contributed by atoms with E-state index in [9.17, 15) is 13.2 Å². The molecular weight excluding hydrogens is 386 g/mol. The second-order valence-electron chi connectivity index (χ2n) is 6.26. The minimum absolute atomic E-state index is 0.356.